The van der Waals surface area contributed by atoms with Crippen molar-refractivity contribution in [3.05, 3.63) is 59.7 Å². The summed E-state index contributed by atoms with van der Waals surface area (Å²) in [6.45, 7) is 4.88. The second kappa shape index (κ2) is 8.12. The average Bonchev–Trinajstić information content (AvgIpc) is 3.06. The zero-order valence-corrected chi connectivity index (χ0v) is 15.8. The largest absolute Gasteiger partial charge is 0.496 e. The second-order valence-corrected chi connectivity index (χ2v) is 6.77. The Morgan fingerprint density at radius 1 is 1.22 bits per heavy atom. The maximum Gasteiger partial charge on any atom is 0.414 e. The van der Waals surface area contributed by atoms with Gasteiger partial charge in [-0.05, 0) is 35.7 Å². The lowest BCUT2D eigenvalue weighted by atomic mass is 10.0. The van der Waals surface area contributed by atoms with E-state index in [1.54, 1.807) is 29.2 Å². The third kappa shape index (κ3) is 4.22. The van der Waals surface area contributed by atoms with Crippen molar-refractivity contribution >= 4 is 17.7 Å². The molecule has 1 aliphatic heterocycles. The highest BCUT2D eigenvalue weighted by Gasteiger charge is 2.32. The van der Waals surface area contributed by atoms with Crippen LogP contribution in [-0.2, 0) is 4.74 Å². The lowest BCUT2D eigenvalue weighted by molar-refractivity contribution is 0.0913. The summed E-state index contributed by atoms with van der Waals surface area (Å²) in [6, 6.07) is 14.9. The molecule has 27 heavy (non-hydrogen) atoms. The van der Waals surface area contributed by atoms with E-state index in [1.807, 2.05) is 24.3 Å². The van der Waals surface area contributed by atoms with E-state index in [9.17, 15) is 9.59 Å². The minimum Gasteiger partial charge on any atom is -0.496 e. The van der Waals surface area contributed by atoms with Gasteiger partial charge in [-0.2, -0.15) is 0 Å². The van der Waals surface area contributed by atoms with Crippen LogP contribution in [0.5, 0.6) is 5.75 Å². The van der Waals surface area contributed by atoms with Crippen molar-refractivity contribution in [2.24, 2.45) is 0 Å². The lowest BCUT2D eigenvalue weighted by Gasteiger charge is -2.15. The van der Waals surface area contributed by atoms with Crippen LogP contribution in [0, 0.1) is 0 Å². The van der Waals surface area contributed by atoms with Crippen LogP contribution in [0.3, 0.4) is 0 Å². The van der Waals surface area contributed by atoms with Gasteiger partial charge in [0.25, 0.3) is 5.91 Å². The Labute approximate surface area is 159 Å². The fourth-order valence-corrected chi connectivity index (χ4v) is 3.01. The highest BCUT2D eigenvalue weighted by Crippen LogP contribution is 2.24. The van der Waals surface area contributed by atoms with Crippen LogP contribution in [0.4, 0.5) is 10.5 Å². The number of ether oxygens (including phenoxy) is 2. The van der Waals surface area contributed by atoms with Crippen LogP contribution in [0.15, 0.2) is 48.5 Å². The number of anilines is 1. The first kappa shape index (κ1) is 18.8. The molecule has 1 saturated heterocycles. The maximum absolute atomic E-state index is 12.4. The number of hydrogen-bond acceptors (Lipinski definition) is 4. The predicted octanol–water partition coefficient (Wildman–Crippen LogP) is 3.57. The first-order valence-electron chi connectivity index (χ1n) is 8.99. The molecular formula is C21H24N2O4. The van der Waals surface area contributed by atoms with Crippen molar-refractivity contribution in [2.45, 2.75) is 25.9 Å². The lowest BCUT2D eigenvalue weighted by Crippen LogP contribution is -2.34. The number of rotatable bonds is 6. The summed E-state index contributed by atoms with van der Waals surface area (Å²) in [5.41, 5.74) is 2.46. The van der Waals surface area contributed by atoms with Gasteiger partial charge in [0.1, 0.15) is 11.9 Å². The molecule has 1 atom stereocenters. The number of carbonyl (C=O) groups excluding carboxylic acids is 2. The Balaban J connectivity index is 1.60. The topological polar surface area (TPSA) is 67.9 Å². The molecule has 3 rings (SSSR count). The summed E-state index contributed by atoms with van der Waals surface area (Å²) in [4.78, 5) is 26.1. The molecule has 0 radical (unpaired) electrons. The normalized spacial score (nSPS) is 16.4. The molecule has 0 bridgehead atoms. The molecule has 2 amide bonds. The smallest absolute Gasteiger partial charge is 0.414 e. The molecule has 0 aliphatic carbocycles. The Morgan fingerprint density at radius 3 is 2.59 bits per heavy atom. The van der Waals surface area contributed by atoms with Crippen molar-refractivity contribution in [2.75, 3.05) is 25.1 Å². The molecule has 2 aromatic carbocycles. The van der Waals surface area contributed by atoms with Crippen LogP contribution in [0.2, 0.25) is 0 Å². The zero-order valence-electron chi connectivity index (χ0n) is 15.8. The number of nitrogens with zero attached hydrogens (tertiary/aromatic N) is 1. The van der Waals surface area contributed by atoms with E-state index >= 15 is 0 Å². The highest BCUT2D eigenvalue weighted by molar-refractivity contribution is 5.97. The van der Waals surface area contributed by atoms with E-state index in [1.165, 1.54) is 12.7 Å². The first-order valence-corrected chi connectivity index (χ1v) is 8.99. The average molecular weight is 368 g/mol. The Morgan fingerprint density at radius 2 is 1.93 bits per heavy atom. The van der Waals surface area contributed by atoms with Gasteiger partial charge < -0.3 is 14.8 Å². The number of cyclic esters (lactones) is 1. The summed E-state index contributed by atoms with van der Waals surface area (Å²) in [5.74, 6) is 0.677. The van der Waals surface area contributed by atoms with Crippen LogP contribution in [0.1, 0.15) is 35.7 Å². The van der Waals surface area contributed by atoms with E-state index in [0.717, 1.165) is 5.69 Å². The Kier molecular flexibility index (Phi) is 5.64. The first-order chi connectivity index (χ1) is 13.0. The molecule has 0 spiro atoms. The number of methoxy groups -OCH3 is 1. The van der Waals surface area contributed by atoms with Gasteiger partial charge in [0, 0.05) is 5.69 Å². The summed E-state index contributed by atoms with van der Waals surface area (Å²) in [7, 11) is 1.52. The number of hydrogen-bond donors (Lipinski definition) is 1. The molecule has 1 unspecified atom stereocenters. The fourth-order valence-electron chi connectivity index (χ4n) is 3.01. The summed E-state index contributed by atoms with van der Waals surface area (Å²) in [5, 5.41) is 2.81. The molecule has 6 heteroatoms. The third-order valence-electron chi connectivity index (χ3n) is 4.59. The Hall–Kier alpha value is -3.02. The van der Waals surface area contributed by atoms with E-state index in [2.05, 4.69) is 19.2 Å². The van der Waals surface area contributed by atoms with E-state index in [-0.39, 0.29) is 12.5 Å². The molecule has 6 nitrogen and oxygen atoms in total. The minimum absolute atomic E-state index is 0.239. The van der Waals surface area contributed by atoms with Gasteiger partial charge in [-0.1, -0.05) is 38.1 Å². The standard InChI is InChI=1S/C21H24N2O4/c1-14(2)15-8-10-16(11-9-15)23-13-17(27-21(23)25)12-22-20(24)18-6-4-5-7-19(18)26-3/h4-11,14,17H,12-13H2,1-3H3,(H,22,24). The second-order valence-electron chi connectivity index (χ2n) is 6.77. The van der Waals surface area contributed by atoms with E-state index in [4.69, 9.17) is 9.47 Å². The summed E-state index contributed by atoms with van der Waals surface area (Å²) in [6.07, 6.45) is -0.801. The zero-order chi connectivity index (χ0) is 19.4. The molecule has 2 aromatic rings. The van der Waals surface area contributed by atoms with Gasteiger partial charge >= 0.3 is 6.09 Å². The molecular weight excluding hydrogens is 344 g/mol. The monoisotopic (exact) mass is 368 g/mol. The van der Waals surface area contributed by atoms with Crippen LogP contribution < -0.4 is 15.0 Å². The van der Waals surface area contributed by atoms with Crippen LogP contribution in [0.25, 0.3) is 0 Å². The minimum atomic E-state index is -0.402. The van der Waals surface area contributed by atoms with Crippen molar-refractivity contribution in [3.8, 4) is 5.75 Å². The maximum atomic E-state index is 12.4. The van der Waals surface area contributed by atoms with Crippen LogP contribution in [-0.4, -0.2) is 38.3 Å². The van der Waals surface area contributed by atoms with Gasteiger partial charge in [-0.15, -0.1) is 0 Å². The SMILES string of the molecule is COc1ccccc1C(=O)NCC1CN(c2ccc(C(C)C)cc2)C(=O)O1. The number of nitrogens with one attached hydrogen (secondary N) is 1. The number of amides is 2. The Bertz CT molecular complexity index is 817. The van der Waals surface area contributed by atoms with Crippen molar-refractivity contribution < 1.29 is 19.1 Å². The summed E-state index contributed by atoms with van der Waals surface area (Å²) < 4.78 is 10.6. The number of benzene rings is 2. The van der Waals surface area contributed by atoms with Gasteiger partial charge in [-0.3, -0.25) is 9.69 Å². The van der Waals surface area contributed by atoms with Gasteiger partial charge in [0.05, 0.1) is 25.8 Å². The molecule has 0 saturated carbocycles. The number of carbonyl (C=O) groups is 2. The molecule has 1 heterocycles. The van der Waals surface area contributed by atoms with Crippen molar-refractivity contribution in [3.63, 3.8) is 0 Å². The predicted molar refractivity (Wildman–Crippen MR) is 103 cm³/mol. The number of para-hydroxylation sites is 1. The highest BCUT2D eigenvalue weighted by atomic mass is 16.6. The molecule has 142 valence electrons. The van der Waals surface area contributed by atoms with Crippen molar-refractivity contribution in [1.82, 2.24) is 5.32 Å². The van der Waals surface area contributed by atoms with Gasteiger partial charge in [0.2, 0.25) is 0 Å². The molecule has 1 N–H and O–H groups in total. The quantitative estimate of drug-likeness (QED) is 0.846. The third-order valence-corrected chi connectivity index (χ3v) is 4.59. The van der Waals surface area contributed by atoms with Crippen LogP contribution >= 0.6 is 0 Å². The van der Waals surface area contributed by atoms with Gasteiger partial charge in [0.15, 0.2) is 0 Å². The summed E-state index contributed by atoms with van der Waals surface area (Å²) >= 11 is 0. The van der Waals surface area contributed by atoms with Gasteiger partial charge in [-0.25, -0.2) is 4.79 Å². The molecule has 1 fully saturated rings. The van der Waals surface area contributed by atoms with E-state index in [0.29, 0.717) is 23.8 Å². The van der Waals surface area contributed by atoms with E-state index < -0.39 is 12.2 Å². The van der Waals surface area contributed by atoms with Crippen molar-refractivity contribution in [1.29, 1.82) is 0 Å². The molecule has 0 aromatic heterocycles. The molecule has 1 aliphatic rings. The fraction of sp³-hybridized carbons (Fsp3) is 0.333.